The SMILES string of the molecule is CC.CC.CC(=O)c1ccccc1F.CCC. The predicted octanol–water partition coefficient (Wildman–Crippen LogP) is 5.50. The molecule has 0 bridgehead atoms. The van der Waals surface area contributed by atoms with Gasteiger partial charge in [-0.05, 0) is 19.1 Å². The zero-order valence-corrected chi connectivity index (χ0v) is 12.3. The largest absolute Gasteiger partial charge is 0.294 e. The summed E-state index contributed by atoms with van der Waals surface area (Å²) in [5, 5.41) is 0. The van der Waals surface area contributed by atoms with E-state index in [1.807, 2.05) is 27.7 Å². The molecule has 0 saturated carbocycles. The minimum absolute atomic E-state index is 0.155. The molecule has 0 fully saturated rings. The van der Waals surface area contributed by atoms with Crippen molar-refractivity contribution in [1.82, 2.24) is 0 Å². The second-order valence-corrected chi connectivity index (χ2v) is 2.74. The van der Waals surface area contributed by atoms with Gasteiger partial charge in [0.25, 0.3) is 0 Å². The lowest BCUT2D eigenvalue weighted by Gasteiger charge is -1.94. The summed E-state index contributed by atoms with van der Waals surface area (Å²) in [7, 11) is 0. The Balaban J connectivity index is -0.000000239. The van der Waals surface area contributed by atoms with E-state index in [9.17, 15) is 9.18 Å². The molecule has 1 nitrogen and oxygen atoms in total. The number of carbonyl (C=O) groups is 1. The fraction of sp³-hybridized carbons (Fsp3) is 0.533. The van der Waals surface area contributed by atoms with Crippen molar-refractivity contribution in [2.75, 3.05) is 0 Å². The molecule has 2 heteroatoms. The zero-order chi connectivity index (χ0) is 14.3. The van der Waals surface area contributed by atoms with Gasteiger partial charge in [-0.1, -0.05) is 60.1 Å². The molecule has 0 aromatic heterocycles. The monoisotopic (exact) mass is 242 g/mol. The maximum absolute atomic E-state index is 12.6. The van der Waals surface area contributed by atoms with Gasteiger partial charge in [-0.25, -0.2) is 4.39 Å². The molecule has 0 spiro atoms. The summed E-state index contributed by atoms with van der Waals surface area (Å²) in [4.78, 5) is 10.6. The Morgan fingerprint density at radius 2 is 1.41 bits per heavy atom. The molecule has 17 heavy (non-hydrogen) atoms. The van der Waals surface area contributed by atoms with Gasteiger partial charge in [-0.15, -0.1) is 0 Å². The van der Waals surface area contributed by atoms with E-state index in [4.69, 9.17) is 0 Å². The van der Waals surface area contributed by atoms with E-state index in [1.165, 1.54) is 25.5 Å². The number of hydrogen-bond acceptors (Lipinski definition) is 1. The van der Waals surface area contributed by atoms with Crippen LogP contribution in [-0.4, -0.2) is 5.78 Å². The molecule has 1 rings (SSSR count). The van der Waals surface area contributed by atoms with Crippen molar-refractivity contribution < 1.29 is 9.18 Å². The number of benzene rings is 1. The highest BCUT2D eigenvalue weighted by atomic mass is 19.1. The molecular formula is C15H27FO. The first kappa shape index (κ1) is 21.1. The zero-order valence-electron chi connectivity index (χ0n) is 12.3. The summed E-state index contributed by atoms with van der Waals surface area (Å²) in [6, 6.07) is 5.94. The summed E-state index contributed by atoms with van der Waals surface area (Å²) >= 11 is 0. The highest BCUT2D eigenvalue weighted by Crippen LogP contribution is 2.05. The molecule has 0 radical (unpaired) electrons. The lowest BCUT2D eigenvalue weighted by molar-refractivity contribution is 0.101. The van der Waals surface area contributed by atoms with Crippen molar-refractivity contribution in [3.63, 3.8) is 0 Å². The van der Waals surface area contributed by atoms with Crippen molar-refractivity contribution in [1.29, 1.82) is 0 Å². The normalized spacial score (nSPS) is 7.29. The van der Waals surface area contributed by atoms with Gasteiger partial charge in [0.2, 0.25) is 0 Å². The summed E-state index contributed by atoms with van der Waals surface area (Å²) in [5.41, 5.74) is 0.155. The molecule has 0 heterocycles. The van der Waals surface area contributed by atoms with E-state index >= 15 is 0 Å². The molecule has 1 aromatic carbocycles. The highest BCUT2D eigenvalue weighted by Gasteiger charge is 2.03. The van der Waals surface area contributed by atoms with Crippen LogP contribution in [0.2, 0.25) is 0 Å². The molecule has 100 valence electrons. The molecule has 0 N–H and O–H groups in total. The molecule has 1 aromatic rings. The Bertz CT molecular complexity index is 269. The number of rotatable bonds is 1. The summed E-state index contributed by atoms with van der Waals surface area (Å²) in [6.07, 6.45) is 1.25. The first-order chi connectivity index (χ1) is 8.13. The van der Waals surface area contributed by atoms with E-state index in [2.05, 4.69) is 13.8 Å². The van der Waals surface area contributed by atoms with Crippen LogP contribution in [0, 0.1) is 5.82 Å². The third-order valence-corrected chi connectivity index (χ3v) is 1.25. The van der Waals surface area contributed by atoms with Crippen LogP contribution in [0.5, 0.6) is 0 Å². The van der Waals surface area contributed by atoms with Crippen molar-refractivity contribution in [2.24, 2.45) is 0 Å². The number of halogens is 1. The molecular weight excluding hydrogens is 215 g/mol. The first-order valence-electron chi connectivity index (χ1n) is 6.38. The van der Waals surface area contributed by atoms with Crippen LogP contribution < -0.4 is 0 Å². The Morgan fingerprint density at radius 1 is 1.06 bits per heavy atom. The number of Topliss-reactive ketones (excluding diaryl/α,β-unsaturated/α-hetero) is 1. The molecule has 0 atom stereocenters. The third kappa shape index (κ3) is 12.8. The van der Waals surface area contributed by atoms with Gasteiger partial charge in [0.05, 0.1) is 5.56 Å². The van der Waals surface area contributed by atoms with Crippen molar-refractivity contribution >= 4 is 5.78 Å². The van der Waals surface area contributed by atoms with Crippen molar-refractivity contribution in [3.05, 3.63) is 35.6 Å². The number of hydrogen-bond donors (Lipinski definition) is 0. The Morgan fingerprint density at radius 3 is 1.65 bits per heavy atom. The predicted molar refractivity (Wildman–Crippen MR) is 75.1 cm³/mol. The average molecular weight is 242 g/mol. The topological polar surface area (TPSA) is 17.1 Å². The summed E-state index contributed by atoms with van der Waals surface area (Å²) in [5.74, 6) is -0.687. The first-order valence-corrected chi connectivity index (χ1v) is 6.38. The van der Waals surface area contributed by atoms with E-state index in [0.717, 1.165) is 0 Å². The van der Waals surface area contributed by atoms with Gasteiger partial charge in [0.15, 0.2) is 5.78 Å². The van der Waals surface area contributed by atoms with Crippen LogP contribution >= 0.6 is 0 Å². The van der Waals surface area contributed by atoms with E-state index in [0.29, 0.717) is 0 Å². The Labute approximate surface area is 106 Å². The Hall–Kier alpha value is -1.18. The smallest absolute Gasteiger partial charge is 0.162 e. The van der Waals surface area contributed by atoms with E-state index < -0.39 is 5.82 Å². The maximum Gasteiger partial charge on any atom is 0.162 e. The van der Waals surface area contributed by atoms with Gasteiger partial charge in [0, 0.05) is 0 Å². The number of carbonyl (C=O) groups excluding carboxylic acids is 1. The van der Waals surface area contributed by atoms with Gasteiger partial charge >= 0.3 is 0 Å². The summed E-state index contributed by atoms with van der Waals surface area (Å²) in [6.45, 7) is 13.6. The summed E-state index contributed by atoms with van der Waals surface area (Å²) < 4.78 is 12.6. The van der Waals surface area contributed by atoms with Crippen LogP contribution in [0.3, 0.4) is 0 Å². The van der Waals surface area contributed by atoms with Crippen molar-refractivity contribution in [3.8, 4) is 0 Å². The van der Waals surface area contributed by atoms with E-state index in [1.54, 1.807) is 12.1 Å². The van der Waals surface area contributed by atoms with Crippen molar-refractivity contribution in [2.45, 2.75) is 54.9 Å². The lowest BCUT2D eigenvalue weighted by Crippen LogP contribution is -1.94. The van der Waals surface area contributed by atoms with Gasteiger partial charge in [-0.2, -0.15) is 0 Å². The van der Waals surface area contributed by atoms with Crippen LogP contribution in [-0.2, 0) is 0 Å². The van der Waals surface area contributed by atoms with E-state index in [-0.39, 0.29) is 11.3 Å². The standard InChI is InChI=1S/C8H7FO.C3H8.2C2H6/c1-6(10)7-4-2-3-5-8(7)9;1-3-2;2*1-2/h2-5H,1H3;3H2,1-2H3;2*1-2H3. The lowest BCUT2D eigenvalue weighted by atomic mass is 10.1. The Kier molecular flexibility index (Phi) is 21.4. The highest BCUT2D eigenvalue weighted by molar-refractivity contribution is 5.94. The second-order valence-electron chi connectivity index (χ2n) is 2.74. The fourth-order valence-corrected chi connectivity index (χ4v) is 0.747. The molecule has 0 amide bonds. The molecule has 0 saturated heterocycles. The number of ketones is 1. The van der Waals surface area contributed by atoms with Crippen LogP contribution in [0.4, 0.5) is 4.39 Å². The van der Waals surface area contributed by atoms with Gasteiger partial charge in [-0.3, -0.25) is 4.79 Å². The molecule has 0 unspecified atom stereocenters. The van der Waals surface area contributed by atoms with Crippen LogP contribution in [0.25, 0.3) is 0 Å². The maximum atomic E-state index is 12.6. The quantitative estimate of drug-likeness (QED) is 0.594. The minimum Gasteiger partial charge on any atom is -0.294 e. The molecule has 0 aliphatic carbocycles. The third-order valence-electron chi connectivity index (χ3n) is 1.25. The second kappa shape index (κ2) is 17.2. The average Bonchev–Trinajstić information content (AvgIpc) is 2.35. The van der Waals surface area contributed by atoms with Crippen LogP contribution in [0.15, 0.2) is 24.3 Å². The fourth-order valence-electron chi connectivity index (χ4n) is 0.747. The van der Waals surface area contributed by atoms with Crippen LogP contribution in [0.1, 0.15) is 65.2 Å². The van der Waals surface area contributed by atoms with Gasteiger partial charge in [0.1, 0.15) is 5.82 Å². The molecule has 0 aliphatic heterocycles. The van der Waals surface area contributed by atoms with Gasteiger partial charge < -0.3 is 0 Å². The minimum atomic E-state index is -0.449. The molecule has 0 aliphatic rings.